The van der Waals surface area contributed by atoms with Crippen LogP contribution in [0.3, 0.4) is 0 Å². The smallest absolute Gasteiger partial charge is 0.335 e. The number of aromatic nitrogens is 2. The van der Waals surface area contributed by atoms with Gasteiger partial charge >= 0.3 is 5.97 Å². The predicted octanol–water partition coefficient (Wildman–Crippen LogP) is 3.33. The van der Waals surface area contributed by atoms with E-state index in [9.17, 15) is 14.4 Å². The van der Waals surface area contributed by atoms with E-state index in [0.29, 0.717) is 33.1 Å². The molecule has 0 bridgehead atoms. The van der Waals surface area contributed by atoms with Crippen LogP contribution in [0, 0.1) is 0 Å². The molecule has 2 N–H and O–H groups in total. The number of nitrogens with zero attached hydrogens (tertiary/aromatic N) is 3. The van der Waals surface area contributed by atoms with Crippen molar-refractivity contribution in [1.29, 1.82) is 0 Å². The summed E-state index contributed by atoms with van der Waals surface area (Å²) < 4.78 is 6.67. The second kappa shape index (κ2) is 10.7. The number of ether oxygens (including phenoxy) is 1. The highest BCUT2D eigenvalue weighted by Gasteiger charge is 2.15. The molecular formula is C25H20N4O5S. The molecule has 0 radical (unpaired) electrons. The summed E-state index contributed by atoms with van der Waals surface area (Å²) in [5.41, 5.74) is 4.11. The Morgan fingerprint density at radius 3 is 2.49 bits per heavy atom. The zero-order valence-corrected chi connectivity index (χ0v) is 19.4. The molecule has 0 atom stereocenters. The van der Waals surface area contributed by atoms with Gasteiger partial charge in [0, 0.05) is 0 Å². The number of thioether (sulfide) groups is 1. The lowest BCUT2D eigenvalue weighted by Crippen LogP contribution is -2.24. The Morgan fingerprint density at radius 2 is 1.80 bits per heavy atom. The summed E-state index contributed by atoms with van der Waals surface area (Å²) in [4.78, 5) is 41.2. The maximum absolute atomic E-state index is 13.3. The third-order valence-corrected chi connectivity index (χ3v) is 5.91. The second-order valence-electron chi connectivity index (χ2n) is 7.26. The predicted molar refractivity (Wildman–Crippen MR) is 134 cm³/mol. The van der Waals surface area contributed by atoms with E-state index in [1.165, 1.54) is 22.9 Å². The molecule has 35 heavy (non-hydrogen) atoms. The zero-order valence-electron chi connectivity index (χ0n) is 18.5. The van der Waals surface area contributed by atoms with E-state index >= 15 is 0 Å². The Morgan fingerprint density at radius 1 is 1.09 bits per heavy atom. The SMILES string of the molecule is COc1ccc(-n2c(SCC(=O)N/N=C/c3ccc(C(=O)O)cc3)nc3ccccc3c2=O)cc1. The van der Waals surface area contributed by atoms with Gasteiger partial charge in [-0.15, -0.1) is 0 Å². The van der Waals surface area contributed by atoms with Crippen LogP contribution >= 0.6 is 11.8 Å². The van der Waals surface area contributed by atoms with Gasteiger partial charge in [0.2, 0.25) is 0 Å². The van der Waals surface area contributed by atoms with Crippen molar-refractivity contribution in [3.8, 4) is 11.4 Å². The number of para-hydroxylation sites is 1. The van der Waals surface area contributed by atoms with Crippen molar-refractivity contribution in [1.82, 2.24) is 15.0 Å². The topological polar surface area (TPSA) is 123 Å². The van der Waals surface area contributed by atoms with Gasteiger partial charge in [-0.2, -0.15) is 5.10 Å². The van der Waals surface area contributed by atoms with Crippen LogP contribution in [0.2, 0.25) is 0 Å². The minimum absolute atomic E-state index is 0.0315. The first-order chi connectivity index (χ1) is 17.0. The van der Waals surface area contributed by atoms with E-state index in [1.807, 2.05) is 0 Å². The summed E-state index contributed by atoms with van der Waals surface area (Å²) in [6.45, 7) is 0. The lowest BCUT2D eigenvalue weighted by Gasteiger charge is -2.13. The summed E-state index contributed by atoms with van der Waals surface area (Å²) in [5.74, 6) is -0.790. The van der Waals surface area contributed by atoms with Crippen molar-refractivity contribution in [2.75, 3.05) is 12.9 Å². The highest BCUT2D eigenvalue weighted by atomic mass is 32.2. The van der Waals surface area contributed by atoms with Crippen LogP contribution in [0.1, 0.15) is 15.9 Å². The number of carbonyl (C=O) groups is 2. The van der Waals surface area contributed by atoms with E-state index in [-0.39, 0.29) is 16.9 Å². The quantitative estimate of drug-likeness (QED) is 0.169. The highest BCUT2D eigenvalue weighted by Crippen LogP contribution is 2.22. The van der Waals surface area contributed by atoms with Gasteiger partial charge in [0.25, 0.3) is 11.5 Å². The summed E-state index contributed by atoms with van der Waals surface area (Å²) in [6, 6.07) is 20.1. The van der Waals surface area contributed by atoms with E-state index in [0.717, 1.165) is 11.8 Å². The third kappa shape index (κ3) is 5.56. The number of benzene rings is 3. The van der Waals surface area contributed by atoms with Crippen molar-refractivity contribution >= 4 is 40.8 Å². The molecule has 1 heterocycles. The van der Waals surface area contributed by atoms with Crippen LogP contribution in [0.25, 0.3) is 16.6 Å². The molecule has 0 aliphatic heterocycles. The normalized spacial score (nSPS) is 11.0. The third-order valence-electron chi connectivity index (χ3n) is 4.97. The fraction of sp³-hybridized carbons (Fsp3) is 0.0800. The van der Waals surface area contributed by atoms with E-state index in [2.05, 4.69) is 15.5 Å². The molecule has 0 spiro atoms. The van der Waals surface area contributed by atoms with Crippen LogP contribution in [0.4, 0.5) is 0 Å². The van der Waals surface area contributed by atoms with Crippen LogP contribution in [0.5, 0.6) is 5.75 Å². The molecule has 4 aromatic rings. The maximum atomic E-state index is 13.3. The molecule has 176 valence electrons. The number of methoxy groups -OCH3 is 1. The molecule has 0 fully saturated rings. The van der Waals surface area contributed by atoms with Crippen LogP contribution in [-0.4, -0.2) is 45.6 Å². The van der Waals surface area contributed by atoms with Gasteiger partial charge in [0.1, 0.15) is 5.75 Å². The zero-order chi connectivity index (χ0) is 24.8. The van der Waals surface area contributed by atoms with Gasteiger partial charge in [0.15, 0.2) is 5.16 Å². The number of carbonyl (C=O) groups excluding carboxylic acids is 1. The second-order valence-corrected chi connectivity index (χ2v) is 8.20. The summed E-state index contributed by atoms with van der Waals surface area (Å²) in [5, 5.41) is 13.7. The van der Waals surface area contributed by atoms with Crippen molar-refractivity contribution in [3.05, 3.63) is 94.3 Å². The maximum Gasteiger partial charge on any atom is 0.335 e. The Balaban J connectivity index is 1.52. The van der Waals surface area contributed by atoms with E-state index in [4.69, 9.17) is 9.84 Å². The summed E-state index contributed by atoms with van der Waals surface area (Å²) in [7, 11) is 1.56. The molecule has 1 amide bonds. The molecule has 0 aliphatic carbocycles. The van der Waals surface area contributed by atoms with Gasteiger partial charge in [-0.05, 0) is 54.1 Å². The Bertz CT molecular complexity index is 1460. The van der Waals surface area contributed by atoms with Crippen molar-refractivity contribution in [3.63, 3.8) is 0 Å². The first-order valence-electron chi connectivity index (χ1n) is 10.4. The van der Waals surface area contributed by atoms with Crippen molar-refractivity contribution in [2.24, 2.45) is 5.10 Å². The number of amides is 1. The van der Waals surface area contributed by atoms with Gasteiger partial charge in [0.05, 0.1) is 41.2 Å². The lowest BCUT2D eigenvalue weighted by molar-refractivity contribution is -0.118. The average Bonchev–Trinajstić information content (AvgIpc) is 2.88. The number of hydrogen-bond donors (Lipinski definition) is 2. The van der Waals surface area contributed by atoms with Crippen molar-refractivity contribution < 1.29 is 19.4 Å². The number of aromatic carboxylic acids is 1. The van der Waals surface area contributed by atoms with Gasteiger partial charge in [-0.3, -0.25) is 14.2 Å². The molecule has 4 rings (SSSR count). The fourth-order valence-corrected chi connectivity index (χ4v) is 4.03. The van der Waals surface area contributed by atoms with Crippen molar-refractivity contribution in [2.45, 2.75) is 5.16 Å². The summed E-state index contributed by atoms with van der Waals surface area (Å²) in [6.07, 6.45) is 1.41. The van der Waals surface area contributed by atoms with E-state index < -0.39 is 11.9 Å². The van der Waals surface area contributed by atoms with Crippen LogP contribution < -0.4 is 15.7 Å². The number of hydrogen-bond acceptors (Lipinski definition) is 7. The molecule has 0 saturated carbocycles. The molecule has 0 aliphatic rings. The van der Waals surface area contributed by atoms with Crippen LogP contribution in [0.15, 0.2) is 87.8 Å². The number of carboxylic acid groups (broad SMARTS) is 1. The fourth-order valence-electron chi connectivity index (χ4n) is 3.22. The van der Waals surface area contributed by atoms with Crippen LogP contribution in [-0.2, 0) is 4.79 Å². The molecule has 10 heteroatoms. The van der Waals surface area contributed by atoms with Gasteiger partial charge in [-0.25, -0.2) is 15.2 Å². The first-order valence-corrected chi connectivity index (χ1v) is 11.4. The lowest BCUT2D eigenvalue weighted by atomic mass is 10.1. The molecular weight excluding hydrogens is 468 g/mol. The number of hydrazone groups is 1. The molecule has 0 unspecified atom stereocenters. The molecule has 0 saturated heterocycles. The average molecular weight is 489 g/mol. The summed E-state index contributed by atoms with van der Waals surface area (Å²) >= 11 is 1.11. The Labute approximate surface area is 204 Å². The largest absolute Gasteiger partial charge is 0.497 e. The Kier molecular flexibility index (Phi) is 7.22. The Hall–Kier alpha value is -4.44. The van der Waals surface area contributed by atoms with Gasteiger partial charge in [-0.1, -0.05) is 36.0 Å². The first kappa shape index (κ1) is 23.7. The molecule has 1 aromatic heterocycles. The minimum atomic E-state index is -1.02. The minimum Gasteiger partial charge on any atom is -0.497 e. The standard InChI is InChI=1S/C25H20N4O5S/c1-34-19-12-10-18(11-13-19)29-23(31)20-4-2-3-5-21(20)27-25(29)35-15-22(30)28-26-14-16-6-8-17(9-7-16)24(32)33/h2-14H,15H2,1H3,(H,28,30)(H,32,33)/b26-14+. The molecule has 9 nitrogen and oxygen atoms in total. The monoisotopic (exact) mass is 488 g/mol. The number of rotatable bonds is 8. The number of fused-ring (bicyclic) bond motifs is 1. The highest BCUT2D eigenvalue weighted by molar-refractivity contribution is 7.99. The van der Waals surface area contributed by atoms with Gasteiger partial charge < -0.3 is 9.84 Å². The van der Waals surface area contributed by atoms with E-state index in [1.54, 1.807) is 67.8 Å². The molecule has 3 aromatic carbocycles. The number of carboxylic acids is 1. The number of nitrogens with one attached hydrogen (secondary N) is 1.